The van der Waals surface area contributed by atoms with Crippen LogP contribution in [0.1, 0.15) is 25.1 Å². The second-order valence-corrected chi connectivity index (χ2v) is 8.49. The molecule has 136 valence electrons. The monoisotopic (exact) mass is 405 g/mol. The molecule has 0 bridgehead atoms. The SMILES string of the molecule is COc1ccc(-c2sc(=S)n(OC(C)(C)c3ccc(Cl)cc3)c2C)cc1. The van der Waals surface area contributed by atoms with Crippen LogP contribution in [-0.4, -0.2) is 11.8 Å². The molecule has 0 fully saturated rings. The fourth-order valence-electron chi connectivity index (χ4n) is 2.68. The van der Waals surface area contributed by atoms with Crippen LogP contribution in [0.15, 0.2) is 48.5 Å². The van der Waals surface area contributed by atoms with Gasteiger partial charge in [-0.1, -0.05) is 23.7 Å². The van der Waals surface area contributed by atoms with Crippen LogP contribution < -0.4 is 9.57 Å². The highest BCUT2D eigenvalue weighted by molar-refractivity contribution is 7.73. The van der Waals surface area contributed by atoms with E-state index in [9.17, 15) is 0 Å². The molecule has 0 spiro atoms. The van der Waals surface area contributed by atoms with Gasteiger partial charge in [0.05, 0.1) is 17.7 Å². The Morgan fingerprint density at radius 2 is 1.65 bits per heavy atom. The smallest absolute Gasteiger partial charge is 0.197 e. The standard InChI is InChI=1S/C20H20ClNO2S2/c1-13-18(14-5-11-17(23-4)12-6-14)26-19(25)22(13)24-20(2,3)15-7-9-16(21)10-8-15/h5-12H,1-4H3. The number of aromatic nitrogens is 1. The van der Waals surface area contributed by atoms with Gasteiger partial charge in [0.2, 0.25) is 0 Å². The van der Waals surface area contributed by atoms with Crippen molar-refractivity contribution in [2.24, 2.45) is 0 Å². The molecule has 0 aliphatic carbocycles. The van der Waals surface area contributed by atoms with Crippen LogP contribution in [0.4, 0.5) is 0 Å². The number of hydrogen-bond donors (Lipinski definition) is 0. The third kappa shape index (κ3) is 3.80. The first-order chi connectivity index (χ1) is 12.3. The lowest BCUT2D eigenvalue weighted by molar-refractivity contribution is -0.0358. The molecule has 2 aromatic carbocycles. The molecule has 0 N–H and O–H groups in total. The van der Waals surface area contributed by atoms with Crippen LogP contribution in [-0.2, 0) is 5.60 Å². The molecule has 3 aromatic rings. The number of nitrogens with zero attached hydrogens (tertiary/aromatic N) is 1. The molecule has 0 amide bonds. The molecule has 0 atom stereocenters. The van der Waals surface area contributed by atoms with Crippen molar-refractivity contribution in [1.29, 1.82) is 0 Å². The van der Waals surface area contributed by atoms with E-state index in [4.69, 9.17) is 33.4 Å². The zero-order chi connectivity index (χ0) is 18.9. The molecule has 0 unspecified atom stereocenters. The first-order valence-electron chi connectivity index (χ1n) is 8.14. The summed E-state index contributed by atoms with van der Waals surface area (Å²) in [6, 6.07) is 15.6. The lowest BCUT2D eigenvalue weighted by atomic mass is 9.99. The van der Waals surface area contributed by atoms with Crippen molar-refractivity contribution in [3.63, 3.8) is 0 Å². The summed E-state index contributed by atoms with van der Waals surface area (Å²) in [5.41, 5.74) is 2.55. The number of hydrogen-bond acceptors (Lipinski definition) is 4. The van der Waals surface area contributed by atoms with E-state index in [0.29, 0.717) is 8.98 Å². The van der Waals surface area contributed by atoms with E-state index >= 15 is 0 Å². The summed E-state index contributed by atoms with van der Waals surface area (Å²) in [5.74, 6) is 0.828. The number of benzene rings is 2. The summed E-state index contributed by atoms with van der Waals surface area (Å²) in [4.78, 5) is 7.38. The predicted molar refractivity (Wildman–Crippen MR) is 111 cm³/mol. The van der Waals surface area contributed by atoms with Crippen molar-refractivity contribution in [3.05, 3.63) is 68.8 Å². The van der Waals surface area contributed by atoms with E-state index in [1.54, 1.807) is 11.8 Å². The summed E-state index contributed by atoms with van der Waals surface area (Å²) in [6.45, 7) is 6.05. The van der Waals surface area contributed by atoms with E-state index in [1.807, 2.05) is 69.3 Å². The molecular weight excluding hydrogens is 386 g/mol. The number of ether oxygens (including phenoxy) is 1. The maximum absolute atomic E-state index is 6.29. The van der Waals surface area contributed by atoms with Crippen LogP contribution in [0.3, 0.4) is 0 Å². The topological polar surface area (TPSA) is 23.4 Å². The minimum Gasteiger partial charge on any atom is -0.497 e. The number of methoxy groups -OCH3 is 1. The van der Waals surface area contributed by atoms with Crippen LogP contribution in [0.2, 0.25) is 5.02 Å². The highest BCUT2D eigenvalue weighted by Gasteiger charge is 2.25. The molecule has 0 saturated carbocycles. The Morgan fingerprint density at radius 3 is 2.23 bits per heavy atom. The van der Waals surface area contributed by atoms with Gasteiger partial charge >= 0.3 is 0 Å². The van der Waals surface area contributed by atoms with Crippen LogP contribution in [0, 0.1) is 10.9 Å². The highest BCUT2D eigenvalue weighted by atomic mass is 35.5. The van der Waals surface area contributed by atoms with Crippen molar-refractivity contribution in [1.82, 2.24) is 4.73 Å². The van der Waals surface area contributed by atoms with Gasteiger partial charge in [-0.25, -0.2) is 0 Å². The van der Waals surface area contributed by atoms with Crippen LogP contribution in [0.25, 0.3) is 10.4 Å². The molecule has 1 aromatic heterocycles. The highest BCUT2D eigenvalue weighted by Crippen LogP contribution is 2.33. The van der Waals surface area contributed by atoms with Gasteiger partial charge in [-0.05, 0) is 80.5 Å². The quantitative estimate of drug-likeness (QED) is 0.466. The van der Waals surface area contributed by atoms with Gasteiger partial charge < -0.3 is 9.57 Å². The van der Waals surface area contributed by atoms with Crippen molar-refractivity contribution in [2.75, 3.05) is 7.11 Å². The summed E-state index contributed by atoms with van der Waals surface area (Å²) in [5, 5.41) is 0.703. The molecule has 1 heterocycles. The average Bonchev–Trinajstić information content (AvgIpc) is 2.90. The van der Waals surface area contributed by atoms with Gasteiger partial charge in [0.25, 0.3) is 0 Å². The maximum atomic E-state index is 6.29. The van der Waals surface area contributed by atoms with E-state index in [-0.39, 0.29) is 0 Å². The molecule has 0 saturated heterocycles. The molecule has 0 aliphatic rings. The minimum atomic E-state index is -0.550. The Balaban J connectivity index is 1.94. The largest absolute Gasteiger partial charge is 0.497 e. The van der Waals surface area contributed by atoms with E-state index in [1.165, 1.54) is 11.3 Å². The van der Waals surface area contributed by atoms with E-state index in [2.05, 4.69) is 0 Å². The summed E-state index contributed by atoms with van der Waals surface area (Å²) < 4.78 is 7.65. The Kier molecular flexibility index (Phi) is 5.42. The second-order valence-electron chi connectivity index (χ2n) is 6.41. The normalized spacial score (nSPS) is 11.4. The molecule has 3 rings (SSSR count). The van der Waals surface area contributed by atoms with E-state index in [0.717, 1.165) is 27.4 Å². The summed E-state index contributed by atoms with van der Waals surface area (Å²) >= 11 is 13.1. The van der Waals surface area contributed by atoms with Crippen molar-refractivity contribution >= 4 is 35.2 Å². The van der Waals surface area contributed by atoms with Gasteiger partial charge in [-0.3, -0.25) is 0 Å². The first-order valence-corrected chi connectivity index (χ1v) is 9.74. The Hall–Kier alpha value is -1.82. The molecule has 6 heteroatoms. The molecule has 3 nitrogen and oxygen atoms in total. The minimum absolute atomic E-state index is 0.550. The predicted octanol–water partition coefficient (Wildman–Crippen LogP) is 6.28. The van der Waals surface area contributed by atoms with Crippen molar-refractivity contribution < 1.29 is 9.57 Å². The number of thiazole rings is 1. The lowest BCUT2D eigenvalue weighted by Gasteiger charge is -2.27. The van der Waals surface area contributed by atoms with Gasteiger partial charge in [0.1, 0.15) is 5.75 Å². The van der Waals surface area contributed by atoms with Crippen molar-refractivity contribution in [2.45, 2.75) is 26.4 Å². The molecule has 0 radical (unpaired) electrons. The summed E-state index contributed by atoms with van der Waals surface area (Å²) in [7, 11) is 1.66. The van der Waals surface area contributed by atoms with Crippen molar-refractivity contribution in [3.8, 4) is 16.2 Å². The first kappa shape index (κ1) is 19.0. The van der Waals surface area contributed by atoms with Gasteiger partial charge in [-0.15, -0.1) is 11.3 Å². The zero-order valence-electron chi connectivity index (χ0n) is 15.1. The zero-order valence-corrected chi connectivity index (χ0v) is 17.5. The number of halogens is 1. The molecular formula is C20H20ClNO2S2. The van der Waals surface area contributed by atoms with Crippen LogP contribution >= 0.6 is 35.2 Å². The Bertz CT molecular complexity index is 957. The second kappa shape index (κ2) is 7.43. The van der Waals surface area contributed by atoms with E-state index < -0.39 is 5.60 Å². The number of rotatable bonds is 5. The Labute approximate surface area is 167 Å². The third-order valence-corrected chi connectivity index (χ3v) is 5.94. The maximum Gasteiger partial charge on any atom is 0.197 e. The third-order valence-electron chi connectivity index (χ3n) is 4.20. The molecule has 26 heavy (non-hydrogen) atoms. The molecule has 0 aliphatic heterocycles. The summed E-state index contributed by atoms with van der Waals surface area (Å²) in [6.07, 6.45) is 0. The average molecular weight is 406 g/mol. The van der Waals surface area contributed by atoms with Gasteiger partial charge in [-0.2, -0.15) is 4.73 Å². The Morgan fingerprint density at radius 1 is 1.04 bits per heavy atom. The van der Waals surface area contributed by atoms with Crippen LogP contribution in [0.5, 0.6) is 5.75 Å². The fourth-order valence-corrected chi connectivity index (χ4v) is 4.15. The lowest BCUT2D eigenvalue weighted by Crippen LogP contribution is -2.32. The fraction of sp³-hybridized carbons (Fsp3) is 0.250. The van der Waals surface area contributed by atoms with Gasteiger partial charge in [0.15, 0.2) is 9.56 Å². The van der Waals surface area contributed by atoms with Gasteiger partial charge in [0, 0.05) is 5.02 Å².